The molecule has 1 aromatic heterocycles. The molecule has 0 atom stereocenters. The second-order valence-corrected chi connectivity index (χ2v) is 4.53. The number of hydrogen-bond acceptors (Lipinski definition) is 3. The van der Waals surface area contributed by atoms with E-state index < -0.39 is 0 Å². The summed E-state index contributed by atoms with van der Waals surface area (Å²) in [6, 6.07) is 4.22. The molecule has 0 aliphatic heterocycles. The van der Waals surface area contributed by atoms with E-state index >= 15 is 0 Å². The first kappa shape index (κ1) is 14.0. The zero-order valence-electron chi connectivity index (χ0n) is 11.5. The van der Waals surface area contributed by atoms with Crippen LogP contribution in [0, 0.1) is 12.8 Å². The van der Waals surface area contributed by atoms with Gasteiger partial charge in [-0.3, -0.25) is 0 Å². The molecule has 3 nitrogen and oxygen atoms in total. The van der Waals surface area contributed by atoms with E-state index in [0.29, 0.717) is 0 Å². The van der Waals surface area contributed by atoms with Crippen LogP contribution in [0.4, 0.5) is 5.82 Å². The molecule has 1 rings (SSSR count). The minimum absolute atomic E-state index is 0.745. The number of aromatic nitrogens is 1. The van der Waals surface area contributed by atoms with Crippen LogP contribution in [-0.2, 0) is 6.54 Å². The fourth-order valence-electron chi connectivity index (χ4n) is 1.89. The summed E-state index contributed by atoms with van der Waals surface area (Å²) in [6.45, 7) is 8.44. The van der Waals surface area contributed by atoms with Crippen molar-refractivity contribution in [3.63, 3.8) is 0 Å². The molecular formula is C14H25N3. The monoisotopic (exact) mass is 235 g/mol. The van der Waals surface area contributed by atoms with Crippen molar-refractivity contribution in [2.24, 2.45) is 5.92 Å². The Kier molecular flexibility index (Phi) is 5.98. The molecule has 3 heteroatoms. The second-order valence-electron chi connectivity index (χ2n) is 4.53. The van der Waals surface area contributed by atoms with E-state index in [9.17, 15) is 0 Å². The smallest absolute Gasteiger partial charge is 0.126 e. The Bertz CT molecular complexity index is 332. The molecule has 1 aromatic rings. The average Bonchev–Trinajstić information content (AvgIpc) is 2.34. The fraction of sp³-hybridized carbons (Fsp3) is 0.643. The Hall–Kier alpha value is -1.09. The van der Waals surface area contributed by atoms with E-state index in [-0.39, 0.29) is 0 Å². The summed E-state index contributed by atoms with van der Waals surface area (Å²) in [5.41, 5.74) is 2.37. The molecule has 0 unspecified atom stereocenters. The van der Waals surface area contributed by atoms with Crippen molar-refractivity contribution in [2.45, 2.75) is 40.2 Å². The van der Waals surface area contributed by atoms with Crippen molar-refractivity contribution in [3.8, 4) is 0 Å². The maximum Gasteiger partial charge on any atom is 0.126 e. The van der Waals surface area contributed by atoms with Gasteiger partial charge in [0.15, 0.2) is 0 Å². The molecule has 17 heavy (non-hydrogen) atoms. The van der Waals surface area contributed by atoms with Crippen LogP contribution < -0.4 is 10.6 Å². The van der Waals surface area contributed by atoms with Gasteiger partial charge in [0.1, 0.15) is 5.82 Å². The van der Waals surface area contributed by atoms with Crippen LogP contribution in [0.1, 0.15) is 37.9 Å². The minimum atomic E-state index is 0.745. The van der Waals surface area contributed by atoms with E-state index in [1.165, 1.54) is 18.4 Å². The molecule has 1 heterocycles. The predicted molar refractivity (Wildman–Crippen MR) is 74.3 cm³/mol. The summed E-state index contributed by atoms with van der Waals surface area (Å²) in [4.78, 5) is 4.58. The molecule has 0 spiro atoms. The SMILES string of the molecule is CCC(CC)CNc1ccc(CNC)c(C)n1. The minimum Gasteiger partial charge on any atom is -0.370 e. The molecule has 0 aliphatic carbocycles. The summed E-state index contributed by atoms with van der Waals surface area (Å²) < 4.78 is 0. The van der Waals surface area contributed by atoms with E-state index in [1.807, 2.05) is 7.05 Å². The number of hydrogen-bond donors (Lipinski definition) is 2. The molecule has 0 fully saturated rings. The van der Waals surface area contributed by atoms with Gasteiger partial charge in [0.2, 0.25) is 0 Å². The van der Waals surface area contributed by atoms with Gasteiger partial charge >= 0.3 is 0 Å². The van der Waals surface area contributed by atoms with Gasteiger partial charge in [-0.1, -0.05) is 32.8 Å². The van der Waals surface area contributed by atoms with Gasteiger partial charge in [-0.15, -0.1) is 0 Å². The number of aryl methyl sites for hydroxylation is 1. The Balaban J connectivity index is 2.58. The van der Waals surface area contributed by atoms with Crippen molar-refractivity contribution in [1.82, 2.24) is 10.3 Å². The van der Waals surface area contributed by atoms with Crippen molar-refractivity contribution >= 4 is 5.82 Å². The molecule has 0 saturated carbocycles. The third-order valence-electron chi connectivity index (χ3n) is 3.29. The first-order valence-corrected chi connectivity index (χ1v) is 6.56. The third-order valence-corrected chi connectivity index (χ3v) is 3.29. The maximum absolute atomic E-state index is 4.58. The van der Waals surface area contributed by atoms with E-state index in [0.717, 1.165) is 30.5 Å². The van der Waals surface area contributed by atoms with Gasteiger partial charge in [0.25, 0.3) is 0 Å². The van der Waals surface area contributed by atoms with Crippen molar-refractivity contribution in [1.29, 1.82) is 0 Å². The van der Waals surface area contributed by atoms with Crippen LogP contribution in [0.2, 0.25) is 0 Å². The molecular weight excluding hydrogens is 210 g/mol. The van der Waals surface area contributed by atoms with Crippen molar-refractivity contribution in [2.75, 3.05) is 18.9 Å². The first-order valence-electron chi connectivity index (χ1n) is 6.56. The molecule has 0 aromatic carbocycles. The Labute approximate surface area is 105 Å². The van der Waals surface area contributed by atoms with E-state index in [2.05, 4.69) is 48.5 Å². The summed E-state index contributed by atoms with van der Waals surface area (Å²) in [7, 11) is 1.96. The van der Waals surface area contributed by atoms with Gasteiger partial charge in [0, 0.05) is 18.8 Å². The normalized spacial score (nSPS) is 10.9. The quantitative estimate of drug-likeness (QED) is 0.763. The lowest BCUT2D eigenvalue weighted by Gasteiger charge is -2.14. The number of nitrogens with one attached hydrogen (secondary N) is 2. The summed E-state index contributed by atoms with van der Waals surface area (Å²) in [6.07, 6.45) is 2.45. The highest BCUT2D eigenvalue weighted by atomic mass is 15.0. The highest BCUT2D eigenvalue weighted by molar-refractivity contribution is 5.38. The third kappa shape index (κ3) is 4.35. The number of anilines is 1. The highest BCUT2D eigenvalue weighted by Crippen LogP contribution is 2.13. The Morgan fingerprint density at radius 3 is 2.47 bits per heavy atom. The van der Waals surface area contributed by atoms with Gasteiger partial charge in [-0.05, 0) is 31.5 Å². The fourth-order valence-corrected chi connectivity index (χ4v) is 1.89. The van der Waals surface area contributed by atoms with Crippen LogP contribution in [0.15, 0.2) is 12.1 Å². The summed E-state index contributed by atoms with van der Waals surface area (Å²) in [5, 5.41) is 6.58. The number of nitrogens with zero attached hydrogens (tertiary/aromatic N) is 1. The summed E-state index contributed by atoms with van der Waals surface area (Å²) in [5.74, 6) is 1.74. The van der Waals surface area contributed by atoms with Crippen LogP contribution in [0.25, 0.3) is 0 Å². The average molecular weight is 235 g/mol. The molecule has 0 radical (unpaired) electrons. The predicted octanol–water partition coefficient (Wildman–Crippen LogP) is 2.96. The standard InChI is InChI=1S/C14H25N3/c1-5-12(6-2)9-16-14-8-7-13(10-15-4)11(3)17-14/h7-8,12,15H,5-6,9-10H2,1-4H3,(H,16,17). The van der Waals surface area contributed by atoms with Crippen LogP contribution >= 0.6 is 0 Å². The topological polar surface area (TPSA) is 37.0 Å². The lowest BCUT2D eigenvalue weighted by molar-refractivity contribution is 0.518. The van der Waals surface area contributed by atoms with Crippen molar-refractivity contribution < 1.29 is 0 Å². The summed E-state index contributed by atoms with van der Waals surface area (Å²) >= 11 is 0. The number of pyridine rings is 1. The molecule has 2 N–H and O–H groups in total. The molecule has 96 valence electrons. The lowest BCUT2D eigenvalue weighted by atomic mass is 10.0. The number of rotatable bonds is 7. The first-order chi connectivity index (χ1) is 8.21. The van der Waals surface area contributed by atoms with Gasteiger partial charge < -0.3 is 10.6 Å². The lowest BCUT2D eigenvalue weighted by Crippen LogP contribution is -2.14. The Morgan fingerprint density at radius 1 is 1.24 bits per heavy atom. The van der Waals surface area contributed by atoms with Gasteiger partial charge in [-0.2, -0.15) is 0 Å². The molecule has 0 bridgehead atoms. The van der Waals surface area contributed by atoms with Crippen LogP contribution in [-0.4, -0.2) is 18.6 Å². The van der Waals surface area contributed by atoms with Crippen LogP contribution in [0.3, 0.4) is 0 Å². The van der Waals surface area contributed by atoms with Gasteiger partial charge in [-0.25, -0.2) is 4.98 Å². The van der Waals surface area contributed by atoms with Gasteiger partial charge in [0.05, 0.1) is 0 Å². The van der Waals surface area contributed by atoms with Crippen molar-refractivity contribution in [3.05, 3.63) is 23.4 Å². The molecule has 0 amide bonds. The maximum atomic E-state index is 4.58. The zero-order chi connectivity index (χ0) is 12.7. The van der Waals surface area contributed by atoms with E-state index in [4.69, 9.17) is 0 Å². The Morgan fingerprint density at radius 2 is 1.94 bits per heavy atom. The van der Waals surface area contributed by atoms with E-state index in [1.54, 1.807) is 0 Å². The molecule has 0 saturated heterocycles. The highest BCUT2D eigenvalue weighted by Gasteiger charge is 2.04. The zero-order valence-corrected chi connectivity index (χ0v) is 11.5. The second kappa shape index (κ2) is 7.28. The largest absolute Gasteiger partial charge is 0.370 e. The van der Waals surface area contributed by atoms with Crippen LogP contribution in [0.5, 0.6) is 0 Å². The molecule has 0 aliphatic rings.